The fourth-order valence-corrected chi connectivity index (χ4v) is 0.978. The predicted octanol–water partition coefficient (Wildman–Crippen LogP) is 0.139. The van der Waals surface area contributed by atoms with E-state index in [0.717, 1.165) is 19.1 Å². The first-order chi connectivity index (χ1) is 3.41. The van der Waals surface area contributed by atoms with E-state index in [1.165, 1.54) is 22.7 Å². The summed E-state index contributed by atoms with van der Waals surface area (Å²) < 4.78 is 0. The highest BCUT2D eigenvalue weighted by atomic mass is 28.1. The summed E-state index contributed by atoms with van der Waals surface area (Å²) in [6.45, 7) is 0. The Balaban J connectivity index is 2.56. The monoisotopic (exact) mass is 116 g/mol. The van der Waals surface area contributed by atoms with E-state index < -0.39 is 0 Å². The van der Waals surface area contributed by atoms with Gasteiger partial charge in [-0.15, -0.1) is 0 Å². The standard InChI is InChI=1S/C5H12OSi/c6-4-2-1-3-5-7/h4H,1-3,5H2,7H3. The van der Waals surface area contributed by atoms with Crippen molar-refractivity contribution in [3.63, 3.8) is 0 Å². The van der Waals surface area contributed by atoms with Crippen molar-refractivity contribution >= 4 is 16.5 Å². The van der Waals surface area contributed by atoms with Crippen LogP contribution in [0.15, 0.2) is 0 Å². The molecule has 1 nitrogen and oxygen atoms in total. The molecule has 0 aliphatic rings. The van der Waals surface area contributed by atoms with Gasteiger partial charge in [0.25, 0.3) is 0 Å². The molecule has 0 atom stereocenters. The van der Waals surface area contributed by atoms with Gasteiger partial charge in [0.15, 0.2) is 0 Å². The zero-order valence-electron chi connectivity index (χ0n) is 4.81. The number of rotatable bonds is 4. The Morgan fingerprint density at radius 1 is 1.43 bits per heavy atom. The Morgan fingerprint density at radius 3 is 2.57 bits per heavy atom. The molecule has 0 aromatic heterocycles. The number of carbonyl (C=O) groups excluding carboxylic acids is 1. The summed E-state index contributed by atoms with van der Waals surface area (Å²) in [6.07, 6.45) is 4.12. The van der Waals surface area contributed by atoms with Crippen LogP contribution in [-0.2, 0) is 4.79 Å². The van der Waals surface area contributed by atoms with E-state index in [2.05, 4.69) is 0 Å². The maximum atomic E-state index is 9.69. The van der Waals surface area contributed by atoms with E-state index in [0.29, 0.717) is 0 Å². The van der Waals surface area contributed by atoms with E-state index in [1.54, 1.807) is 0 Å². The van der Waals surface area contributed by atoms with E-state index in [1.807, 2.05) is 0 Å². The van der Waals surface area contributed by atoms with Crippen molar-refractivity contribution in [2.24, 2.45) is 0 Å². The third kappa shape index (κ3) is 5.89. The van der Waals surface area contributed by atoms with Crippen molar-refractivity contribution in [2.45, 2.75) is 25.3 Å². The lowest BCUT2D eigenvalue weighted by molar-refractivity contribution is -0.107. The normalized spacial score (nSPS) is 9.14. The minimum Gasteiger partial charge on any atom is -0.303 e. The van der Waals surface area contributed by atoms with Crippen LogP contribution in [0.3, 0.4) is 0 Å². The highest BCUT2D eigenvalue weighted by molar-refractivity contribution is 6.08. The minimum atomic E-state index is 0.766. The Bertz CT molecular complexity index is 45.3. The summed E-state index contributed by atoms with van der Waals surface area (Å²) >= 11 is 0. The molecule has 0 amide bonds. The van der Waals surface area contributed by atoms with Gasteiger partial charge in [-0.3, -0.25) is 0 Å². The van der Waals surface area contributed by atoms with Crippen LogP contribution in [0.2, 0.25) is 6.04 Å². The second kappa shape index (κ2) is 5.89. The van der Waals surface area contributed by atoms with Crippen LogP contribution in [0.25, 0.3) is 0 Å². The van der Waals surface area contributed by atoms with E-state index in [4.69, 9.17) is 0 Å². The van der Waals surface area contributed by atoms with Crippen molar-refractivity contribution in [2.75, 3.05) is 0 Å². The molecule has 7 heavy (non-hydrogen) atoms. The predicted molar refractivity (Wildman–Crippen MR) is 34.7 cm³/mol. The van der Waals surface area contributed by atoms with Crippen LogP contribution >= 0.6 is 0 Å². The lowest BCUT2D eigenvalue weighted by atomic mass is 10.3. The molecule has 0 radical (unpaired) electrons. The number of carbonyl (C=O) groups is 1. The molecule has 42 valence electrons. The van der Waals surface area contributed by atoms with Crippen LogP contribution in [0.5, 0.6) is 0 Å². The van der Waals surface area contributed by atoms with Crippen LogP contribution < -0.4 is 0 Å². The van der Waals surface area contributed by atoms with E-state index in [-0.39, 0.29) is 0 Å². The van der Waals surface area contributed by atoms with Crippen LogP contribution in [0.4, 0.5) is 0 Å². The van der Waals surface area contributed by atoms with Gasteiger partial charge in [-0.05, 0) is 6.42 Å². The molecule has 0 spiro atoms. The van der Waals surface area contributed by atoms with Crippen molar-refractivity contribution in [1.29, 1.82) is 0 Å². The zero-order valence-corrected chi connectivity index (χ0v) is 6.81. The highest BCUT2D eigenvalue weighted by Crippen LogP contribution is 1.93. The topological polar surface area (TPSA) is 17.1 Å². The van der Waals surface area contributed by atoms with Crippen molar-refractivity contribution in [3.8, 4) is 0 Å². The number of aldehydes is 1. The third-order valence-electron chi connectivity index (χ3n) is 0.926. The quantitative estimate of drug-likeness (QED) is 0.290. The van der Waals surface area contributed by atoms with Crippen LogP contribution in [-0.4, -0.2) is 16.5 Å². The summed E-state index contributed by atoms with van der Waals surface area (Å²) in [5, 5.41) is 0. The van der Waals surface area contributed by atoms with E-state index in [9.17, 15) is 4.79 Å². The van der Waals surface area contributed by atoms with Gasteiger partial charge in [0.1, 0.15) is 6.29 Å². The minimum absolute atomic E-state index is 0.766. The molecule has 0 heterocycles. The highest BCUT2D eigenvalue weighted by Gasteiger charge is 1.80. The molecule has 0 saturated carbocycles. The second-order valence-corrected chi connectivity index (χ2v) is 2.66. The molecule has 2 heteroatoms. The Hall–Kier alpha value is -0.113. The molecular weight excluding hydrogens is 104 g/mol. The molecule has 0 aliphatic carbocycles. The Labute approximate surface area is 47.5 Å². The SMILES string of the molecule is O=CCCCC[SiH3]. The summed E-state index contributed by atoms with van der Waals surface area (Å²) in [7, 11) is 1.29. The van der Waals surface area contributed by atoms with Gasteiger partial charge in [0.2, 0.25) is 0 Å². The summed E-state index contributed by atoms with van der Waals surface area (Å²) in [5.74, 6) is 0. The number of unbranched alkanes of at least 4 members (excludes halogenated alkanes) is 2. The molecule has 0 rings (SSSR count). The fraction of sp³-hybridized carbons (Fsp3) is 0.800. The Kier molecular flexibility index (Phi) is 5.79. The van der Waals surface area contributed by atoms with Crippen molar-refractivity contribution < 1.29 is 4.79 Å². The fourth-order valence-electron chi connectivity index (χ4n) is 0.478. The average Bonchev–Trinajstić information content (AvgIpc) is 1.69. The second-order valence-electron chi connectivity index (χ2n) is 1.66. The van der Waals surface area contributed by atoms with Crippen molar-refractivity contribution in [3.05, 3.63) is 0 Å². The smallest absolute Gasteiger partial charge is 0.119 e. The lowest BCUT2D eigenvalue weighted by Gasteiger charge is -1.85. The molecular formula is C5H12OSi. The van der Waals surface area contributed by atoms with Crippen LogP contribution in [0.1, 0.15) is 19.3 Å². The maximum absolute atomic E-state index is 9.69. The molecule has 0 N–H and O–H groups in total. The molecule has 0 unspecified atom stereocenters. The average molecular weight is 116 g/mol. The van der Waals surface area contributed by atoms with Gasteiger partial charge >= 0.3 is 0 Å². The van der Waals surface area contributed by atoms with Gasteiger partial charge in [-0.1, -0.05) is 12.5 Å². The van der Waals surface area contributed by atoms with Crippen LogP contribution in [0, 0.1) is 0 Å². The maximum Gasteiger partial charge on any atom is 0.119 e. The lowest BCUT2D eigenvalue weighted by Crippen LogP contribution is -1.75. The molecule has 0 bridgehead atoms. The largest absolute Gasteiger partial charge is 0.303 e. The van der Waals surface area contributed by atoms with Gasteiger partial charge in [-0.2, -0.15) is 0 Å². The van der Waals surface area contributed by atoms with Crippen molar-refractivity contribution in [1.82, 2.24) is 0 Å². The zero-order chi connectivity index (χ0) is 5.54. The van der Waals surface area contributed by atoms with E-state index >= 15 is 0 Å². The molecule has 0 aromatic rings. The summed E-state index contributed by atoms with van der Waals surface area (Å²) in [4.78, 5) is 9.69. The van der Waals surface area contributed by atoms with Gasteiger partial charge in [0, 0.05) is 16.7 Å². The molecule has 0 fully saturated rings. The first-order valence-corrected chi connectivity index (χ1v) is 4.27. The summed E-state index contributed by atoms with van der Waals surface area (Å²) in [5.41, 5.74) is 0. The first kappa shape index (κ1) is 6.89. The van der Waals surface area contributed by atoms with Gasteiger partial charge < -0.3 is 4.79 Å². The molecule has 0 saturated heterocycles. The third-order valence-corrected chi connectivity index (χ3v) is 1.63. The number of hydrogen-bond acceptors (Lipinski definition) is 1. The Morgan fingerprint density at radius 2 is 2.14 bits per heavy atom. The summed E-state index contributed by atoms with van der Waals surface area (Å²) in [6, 6.07) is 1.34. The van der Waals surface area contributed by atoms with Gasteiger partial charge in [-0.25, -0.2) is 0 Å². The number of hydrogen-bond donors (Lipinski definition) is 0. The molecule has 0 aromatic carbocycles. The first-order valence-electron chi connectivity index (χ1n) is 2.85. The molecule has 0 aliphatic heterocycles. The van der Waals surface area contributed by atoms with Gasteiger partial charge in [0.05, 0.1) is 0 Å².